The second-order valence-electron chi connectivity index (χ2n) is 4.69. The monoisotopic (exact) mass is 326 g/mol. The summed E-state index contributed by atoms with van der Waals surface area (Å²) >= 11 is 0. The number of methoxy groups -OCH3 is 1. The van der Waals surface area contributed by atoms with Crippen molar-refractivity contribution in [3.63, 3.8) is 0 Å². The number of nitrogens with one attached hydrogen (secondary N) is 1. The molecule has 0 spiro atoms. The van der Waals surface area contributed by atoms with Gasteiger partial charge >= 0.3 is 0 Å². The molecular formula is C18H18N2O4. The molecule has 0 unspecified atom stereocenters. The quantitative estimate of drug-likeness (QED) is 0.466. The van der Waals surface area contributed by atoms with Crippen molar-refractivity contribution >= 4 is 12.1 Å². The Morgan fingerprint density at radius 1 is 1.25 bits per heavy atom. The molecule has 6 nitrogen and oxygen atoms in total. The molecule has 0 radical (unpaired) electrons. The van der Waals surface area contributed by atoms with E-state index in [-0.39, 0.29) is 5.75 Å². The molecule has 6 heteroatoms. The van der Waals surface area contributed by atoms with E-state index in [2.05, 4.69) is 17.1 Å². The normalized spacial score (nSPS) is 10.4. The first-order valence-electron chi connectivity index (χ1n) is 7.19. The van der Waals surface area contributed by atoms with Gasteiger partial charge in [0.1, 0.15) is 12.4 Å². The molecule has 0 aliphatic rings. The molecule has 2 aromatic rings. The van der Waals surface area contributed by atoms with E-state index in [1.54, 1.807) is 48.5 Å². The molecule has 2 aromatic carbocycles. The first-order chi connectivity index (χ1) is 11.7. The Bertz CT molecular complexity index is 756. The van der Waals surface area contributed by atoms with Crippen molar-refractivity contribution in [2.24, 2.45) is 5.10 Å². The Balaban J connectivity index is 2.10. The number of phenols is 1. The SMILES string of the molecule is C=CCOc1ccccc1C(=O)N/N=C/c1cccc(OC)c1O. The van der Waals surface area contributed by atoms with E-state index in [0.717, 1.165) is 0 Å². The van der Waals surface area contributed by atoms with Crippen LogP contribution < -0.4 is 14.9 Å². The fourth-order valence-corrected chi connectivity index (χ4v) is 1.96. The van der Waals surface area contributed by atoms with Crippen molar-refractivity contribution in [2.45, 2.75) is 0 Å². The van der Waals surface area contributed by atoms with Gasteiger partial charge in [0.25, 0.3) is 5.91 Å². The average molecular weight is 326 g/mol. The maximum absolute atomic E-state index is 12.2. The number of hydrogen-bond donors (Lipinski definition) is 2. The third kappa shape index (κ3) is 4.13. The van der Waals surface area contributed by atoms with Crippen molar-refractivity contribution < 1.29 is 19.4 Å². The van der Waals surface area contributed by atoms with E-state index < -0.39 is 5.91 Å². The zero-order chi connectivity index (χ0) is 17.4. The third-order valence-electron chi connectivity index (χ3n) is 3.11. The smallest absolute Gasteiger partial charge is 0.275 e. The summed E-state index contributed by atoms with van der Waals surface area (Å²) in [6.45, 7) is 3.87. The summed E-state index contributed by atoms with van der Waals surface area (Å²) in [6, 6.07) is 11.8. The topological polar surface area (TPSA) is 80.2 Å². The summed E-state index contributed by atoms with van der Waals surface area (Å²) in [5, 5.41) is 13.8. The summed E-state index contributed by atoms with van der Waals surface area (Å²) < 4.78 is 10.4. The molecule has 0 atom stereocenters. The van der Waals surface area contributed by atoms with Gasteiger partial charge in [-0.05, 0) is 24.3 Å². The van der Waals surface area contributed by atoms with Crippen molar-refractivity contribution in [1.82, 2.24) is 5.43 Å². The fourth-order valence-electron chi connectivity index (χ4n) is 1.96. The predicted octanol–water partition coefficient (Wildman–Crippen LogP) is 2.73. The van der Waals surface area contributed by atoms with Crippen LogP contribution >= 0.6 is 0 Å². The number of ether oxygens (including phenoxy) is 2. The predicted molar refractivity (Wildman–Crippen MR) is 91.9 cm³/mol. The number of benzene rings is 2. The third-order valence-corrected chi connectivity index (χ3v) is 3.11. The summed E-state index contributed by atoms with van der Waals surface area (Å²) in [5.74, 6) is 0.295. The fraction of sp³-hybridized carbons (Fsp3) is 0.111. The Morgan fingerprint density at radius 3 is 2.75 bits per heavy atom. The number of rotatable bonds is 7. The molecule has 2 rings (SSSR count). The lowest BCUT2D eigenvalue weighted by Crippen LogP contribution is -2.18. The zero-order valence-electron chi connectivity index (χ0n) is 13.2. The Morgan fingerprint density at radius 2 is 2.00 bits per heavy atom. The number of hydrogen-bond acceptors (Lipinski definition) is 5. The first-order valence-corrected chi connectivity index (χ1v) is 7.19. The van der Waals surface area contributed by atoms with Gasteiger partial charge in [0.2, 0.25) is 0 Å². The highest BCUT2D eigenvalue weighted by atomic mass is 16.5. The number of hydrazone groups is 1. The largest absolute Gasteiger partial charge is 0.504 e. The lowest BCUT2D eigenvalue weighted by atomic mass is 10.2. The standard InChI is InChI=1S/C18H18N2O4/c1-3-11-24-15-9-5-4-8-14(15)18(22)20-19-12-13-7-6-10-16(23-2)17(13)21/h3-10,12,21H,1,11H2,2H3,(H,20,22)/b19-12+. The van der Waals surface area contributed by atoms with E-state index >= 15 is 0 Å². The number of para-hydroxylation sites is 2. The van der Waals surface area contributed by atoms with Crippen LogP contribution in [0.1, 0.15) is 15.9 Å². The maximum Gasteiger partial charge on any atom is 0.275 e. The van der Waals surface area contributed by atoms with Gasteiger partial charge in [0.15, 0.2) is 11.5 Å². The van der Waals surface area contributed by atoms with Gasteiger partial charge in [-0.15, -0.1) is 0 Å². The van der Waals surface area contributed by atoms with E-state index in [1.165, 1.54) is 13.3 Å². The molecule has 24 heavy (non-hydrogen) atoms. The highest BCUT2D eigenvalue weighted by Gasteiger charge is 2.11. The molecule has 2 N–H and O–H groups in total. The van der Waals surface area contributed by atoms with Crippen LogP contribution in [0.4, 0.5) is 0 Å². The number of aromatic hydroxyl groups is 1. The number of carbonyl (C=O) groups is 1. The highest BCUT2D eigenvalue weighted by molar-refractivity contribution is 5.97. The van der Waals surface area contributed by atoms with E-state index in [1.807, 2.05) is 0 Å². The van der Waals surface area contributed by atoms with Gasteiger partial charge < -0.3 is 14.6 Å². The van der Waals surface area contributed by atoms with Crippen molar-refractivity contribution in [3.8, 4) is 17.2 Å². The van der Waals surface area contributed by atoms with Gasteiger partial charge in [-0.3, -0.25) is 4.79 Å². The van der Waals surface area contributed by atoms with Crippen LogP contribution in [-0.4, -0.2) is 30.9 Å². The lowest BCUT2D eigenvalue weighted by Gasteiger charge is -2.08. The van der Waals surface area contributed by atoms with Crippen molar-refractivity contribution in [1.29, 1.82) is 0 Å². The number of nitrogens with zero attached hydrogens (tertiary/aromatic N) is 1. The van der Waals surface area contributed by atoms with Crippen LogP contribution in [0.5, 0.6) is 17.2 Å². The summed E-state index contributed by atoms with van der Waals surface area (Å²) in [4.78, 5) is 12.2. The Kier molecular flexibility index (Phi) is 5.96. The van der Waals surface area contributed by atoms with Crippen LogP contribution in [0.2, 0.25) is 0 Å². The van der Waals surface area contributed by atoms with Crippen LogP contribution in [0.3, 0.4) is 0 Å². The molecule has 0 bridgehead atoms. The van der Waals surface area contributed by atoms with Crippen molar-refractivity contribution in [3.05, 3.63) is 66.2 Å². The summed E-state index contributed by atoms with van der Waals surface area (Å²) in [6.07, 6.45) is 2.93. The molecule has 0 saturated carbocycles. The molecule has 0 aliphatic carbocycles. The minimum Gasteiger partial charge on any atom is -0.504 e. The molecule has 0 aliphatic heterocycles. The Labute approximate surface area is 140 Å². The molecule has 0 saturated heterocycles. The highest BCUT2D eigenvalue weighted by Crippen LogP contribution is 2.27. The van der Waals surface area contributed by atoms with E-state index in [4.69, 9.17) is 9.47 Å². The lowest BCUT2D eigenvalue weighted by molar-refractivity contribution is 0.0951. The molecule has 0 heterocycles. The number of carbonyl (C=O) groups excluding carboxylic acids is 1. The Hall–Kier alpha value is -3.28. The molecule has 1 amide bonds. The van der Waals surface area contributed by atoms with Gasteiger partial charge in [0.05, 0.1) is 18.9 Å². The zero-order valence-corrected chi connectivity index (χ0v) is 13.2. The minimum atomic E-state index is -0.423. The van der Waals surface area contributed by atoms with Crippen LogP contribution in [0.15, 0.2) is 60.2 Å². The summed E-state index contributed by atoms with van der Waals surface area (Å²) in [7, 11) is 1.46. The first kappa shape index (κ1) is 17.1. The van der Waals surface area contributed by atoms with Crippen molar-refractivity contribution in [2.75, 3.05) is 13.7 Å². The van der Waals surface area contributed by atoms with E-state index in [9.17, 15) is 9.90 Å². The second-order valence-corrected chi connectivity index (χ2v) is 4.69. The maximum atomic E-state index is 12.2. The minimum absolute atomic E-state index is 0.0484. The molecular weight excluding hydrogens is 308 g/mol. The molecule has 124 valence electrons. The number of phenolic OH excluding ortho intramolecular Hbond substituents is 1. The van der Waals surface area contributed by atoms with Gasteiger partial charge in [-0.1, -0.05) is 30.9 Å². The summed E-state index contributed by atoms with van der Waals surface area (Å²) in [5.41, 5.74) is 3.18. The van der Waals surface area contributed by atoms with Crippen LogP contribution in [0.25, 0.3) is 0 Å². The van der Waals surface area contributed by atoms with Crippen LogP contribution in [-0.2, 0) is 0 Å². The average Bonchev–Trinajstić information content (AvgIpc) is 2.61. The molecule has 0 fully saturated rings. The second kappa shape index (κ2) is 8.38. The molecule has 0 aromatic heterocycles. The van der Waals surface area contributed by atoms with Crippen LogP contribution in [0, 0.1) is 0 Å². The van der Waals surface area contributed by atoms with Gasteiger partial charge in [0, 0.05) is 5.56 Å². The van der Waals surface area contributed by atoms with Gasteiger partial charge in [-0.25, -0.2) is 5.43 Å². The van der Waals surface area contributed by atoms with E-state index in [0.29, 0.717) is 29.2 Å². The number of amides is 1. The van der Waals surface area contributed by atoms with Gasteiger partial charge in [-0.2, -0.15) is 5.10 Å².